The molecule has 3 aromatic heterocycles. The summed E-state index contributed by atoms with van der Waals surface area (Å²) in [5, 5.41) is 45.6. The molecular formula is C38H41N7O11. The number of rotatable bonds is 18. The number of hydrogen-bond donors (Lipinski definition) is 9. The summed E-state index contributed by atoms with van der Waals surface area (Å²) in [7, 11) is 0. The molecule has 1 fully saturated rings. The quantitative estimate of drug-likeness (QED) is 0.0579. The number of amides is 2. The van der Waals surface area contributed by atoms with E-state index in [2.05, 4.69) is 25.9 Å². The van der Waals surface area contributed by atoms with Gasteiger partial charge in [-0.1, -0.05) is 19.3 Å². The first-order valence-corrected chi connectivity index (χ1v) is 18.0. The zero-order valence-corrected chi connectivity index (χ0v) is 30.0. The molecule has 18 nitrogen and oxygen atoms in total. The number of carboxylic acids is 4. The lowest BCUT2D eigenvalue weighted by Crippen LogP contribution is -2.47. The zero-order chi connectivity index (χ0) is 39.9. The number of anilines is 1. The lowest BCUT2D eigenvalue weighted by molar-refractivity contribution is -0.151. The highest BCUT2D eigenvalue weighted by Crippen LogP contribution is 2.38. The van der Waals surface area contributed by atoms with E-state index in [1.165, 1.54) is 11.3 Å². The first kappa shape index (κ1) is 39.2. The molecule has 18 heteroatoms. The number of hydrogen-bond acceptors (Lipinski definition) is 10. The fraction of sp³-hybridized carbons (Fsp3) is 0.342. The molecule has 0 aliphatic heterocycles. The van der Waals surface area contributed by atoms with Crippen LogP contribution in [0.25, 0.3) is 33.3 Å². The lowest BCUT2D eigenvalue weighted by atomic mass is 9.86. The van der Waals surface area contributed by atoms with Crippen molar-refractivity contribution in [3.63, 3.8) is 0 Å². The lowest BCUT2D eigenvalue weighted by Gasteiger charge is -2.20. The van der Waals surface area contributed by atoms with Crippen LogP contribution in [-0.2, 0) is 30.4 Å². The highest BCUT2D eigenvalue weighted by molar-refractivity contribution is 6.00. The van der Waals surface area contributed by atoms with Gasteiger partial charge in [0.1, 0.15) is 17.6 Å². The van der Waals surface area contributed by atoms with Crippen molar-refractivity contribution in [2.75, 3.05) is 31.5 Å². The second kappa shape index (κ2) is 17.3. The van der Waals surface area contributed by atoms with Gasteiger partial charge in [0.15, 0.2) is 0 Å². The van der Waals surface area contributed by atoms with Gasteiger partial charge >= 0.3 is 23.9 Å². The Bertz CT molecular complexity index is 2260. The topological polar surface area (TPSA) is 280 Å². The summed E-state index contributed by atoms with van der Waals surface area (Å²) in [6, 6.07) is 8.43. The Morgan fingerprint density at radius 2 is 1.64 bits per heavy atom. The van der Waals surface area contributed by atoms with Crippen LogP contribution >= 0.6 is 0 Å². The second-order valence-corrected chi connectivity index (χ2v) is 13.7. The summed E-state index contributed by atoms with van der Waals surface area (Å²) in [4.78, 5) is 84.6. The van der Waals surface area contributed by atoms with Crippen molar-refractivity contribution in [3.8, 4) is 11.4 Å². The molecule has 1 aliphatic rings. The van der Waals surface area contributed by atoms with E-state index in [0.717, 1.165) is 37.0 Å². The first-order chi connectivity index (χ1) is 26.9. The van der Waals surface area contributed by atoms with Crippen LogP contribution in [0.2, 0.25) is 0 Å². The third kappa shape index (κ3) is 9.39. The monoisotopic (exact) mass is 771 g/mol. The molecule has 0 bridgehead atoms. The number of aromatic nitrogens is 3. The standard InChI is InChI=1S/C38H41N7O11/c46-30(18-45(19-31(47)48)12-11-39-32(37(52)53)38(54)55)41-23-7-9-26-25(16-23)22(17-40-26)15-29(36(50)51)44-35(49)21-6-8-27-28(14-21)43-34(42-27)24-10-13-56-33(24)20-4-2-1-3-5-20/h6-10,13-14,16-17,20,29,32,39-40H,1-5,11-12,15,18-19H2,(H,41,46)(H,42,43)(H,44,49)(H,47,48)(H,50,51)(H,52,53)(H,54,55)/t29-/m0/s1. The normalized spacial score (nSPS) is 14.0. The van der Waals surface area contributed by atoms with Gasteiger partial charge in [0.05, 0.1) is 35.9 Å². The van der Waals surface area contributed by atoms with Crippen LogP contribution in [0, 0.1) is 0 Å². The van der Waals surface area contributed by atoms with Crippen molar-refractivity contribution in [2.45, 2.75) is 56.5 Å². The molecule has 0 saturated heterocycles. The van der Waals surface area contributed by atoms with Crippen molar-refractivity contribution < 1.29 is 53.6 Å². The Hall–Kier alpha value is -6.53. The third-order valence-corrected chi connectivity index (χ3v) is 9.75. The van der Waals surface area contributed by atoms with Crippen LogP contribution in [0.1, 0.15) is 59.7 Å². The molecule has 0 spiro atoms. The molecule has 6 rings (SSSR count). The number of H-pyrrole nitrogens is 2. The third-order valence-electron chi connectivity index (χ3n) is 9.75. The highest BCUT2D eigenvalue weighted by atomic mass is 16.4. The van der Waals surface area contributed by atoms with E-state index in [0.29, 0.717) is 44.9 Å². The smallest absolute Gasteiger partial charge is 0.332 e. The predicted octanol–water partition coefficient (Wildman–Crippen LogP) is 3.23. The van der Waals surface area contributed by atoms with Gasteiger partial charge in [0.25, 0.3) is 5.91 Å². The number of carbonyl (C=O) groups excluding carboxylic acids is 2. The number of furan rings is 1. The van der Waals surface area contributed by atoms with E-state index < -0.39 is 60.9 Å². The van der Waals surface area contributed by atoms with Crippen LogP contribution in [-0.4, -0.2) is 114 Å². The van der Waals surface area contributed by atoms with E-state index in [9.17, 15) is 39.0 Å². The molecule has 294 valence electrons. The molecule has 5 aromatic rings. The number of carbonyl (C=O) groups is 6. The molecule has 1 aliphatic carbocycles. The molecule has 1 saturated carbocycles. The minimum atomic E-state index is -1.90. The maximum atomic E-state index is 13.4. The van der Waals surface area contributed by atoms with Crippen LogP contribution in [0.15, 0.2) is 59.3 Å². The predicted molar refractivity (Wildman–Crippen MR) is 200 cm³/mol. The first-order valence-electron chi connectivity index (χ1n) is 18.0. The van der Waals surface area contributed by atoms with Crippen LogP contribution in [0.5, 0.6) is 0 Å². The van der Waals surface area contributed by atoms with E-state index in [4.69, 9.17) is 19.6 Å². The Balaban J connectivity index is 1.10. The number of benzene rings is 2. The SMILES string of the molecule is O=C(O)CN(CCNC(C(=O)O)C(=O)O)CC(=O)Nc1ccc2[nH]cc(C[C@H](NC(=O)c3ccc4[nH]c(-c5ccoc5C5CCCCC5)nc4c3)C(=O)O)c2c1. The van der Waals surface area contributed by atoms with Gasteiger partial charge in [-0.3, -0.25) is 24.6 Å². The summed E-state index contributed by atoms with van der Waals surface area (Å²) in [6.07, 6.45) is 8.79. The van der Waals surface area contributed by atoms with Crippen LogP contribution < -0.4 is 16.0 Å². The molecule has 0 unspecified atom stereocenters. The number of fused-ring (bicyclic) bond motifs is 2. The summed E-state index contributed by atoms with van der Waals surface area (Å²) >= 11 is 0. The highest BCUT2D eigenvalue weighted by Gasteiger charge is 2.27. The number of carboxylic acid groups (broad SMARTS) is 4. The van der Waals surface area contributed by atoms with Gasteiger partial charge in [0.2, 0.25) is 11.9 Å². The molecule has 2 aromatic carbocycles. The fourth-order valence-corrected chi connectivity index (χ4v) is 7.01. The number of nitrogens with one attached hydrogen (secondary N) is 5. The van der Waals surface area contributed by atoms with Gasteiger partial charge in [-0.25, -0.2) is 19.4 Å². The summed E-state index contributed by atoms with van der Waals surface area (Å²) < 4.78 is 5.88. The Morgan fingerprint density at radius 3 is 2.36 bits per heavy atom. The minimum Gasteiger partial charge on any atom is -0.480 e. The largest absolute Gasteiger partial charge is 0.480 e. The van der Waals surface area contributed by atoms with E-state index in [1.54, 1.807) is 48.9 Å². The molecule has 56 heavy (non-hydrogen) atoms. The van der Waals surface area contributed by atoms with Gasteiger partial charge in [-0.15, -0.1) is 0 Å². The maximum absolute atomic E-state index is 13.4. The number of aromatic amines is 2. The van der Waals surface area contributed by atoms with E-state index in [-0.39, 0.29) is 25.1 Å². The van der Waals surface area contributed by atoms with Crippen molar-refractivity contribution in [2.24, 2.45) is 0 Å². The minimum absolute atomic E-state index is 0.106. The number of aliphatic carboxylic acids is 4. The van der Waals surface area contributed by atoms with Gasteiger partial charge in [-0.2, -0.15) is 0 Å². The van der Waals surface area contributed by atoms with Crippen molar-refractivity contribution >= 4 is 63.3 Å². The summed E-state index contributed by atoms with van der Waals surface area (Å²) in [6.45, 7) is -1.37. The van der Waals surface area contributed by atoms with Crippen molar-refractivity contribution in [1.82, 2.24) is 30.5 Å². The molecule has 2 amide bonds. The Kier molecular flexibility index (Phi) is 12.1. The maximum Gasteiger partial charge on any atom is 0.332 e. The van der Waals surface area contributed by atoms with Gasteiger partial charge in [0, 0.05) is 53.8 Å². The summed E-state index contributed by atoms with van der Waals surface area (Å²) in [5.74, 6) is -5.12. The van der Waals surface area contributed by atoms with Crippen molar-refractivity contribution in [3.05, 3.63) is 71.8 Å². The Labute approximate surface area is 318 Å². The van der Waals surface area contributed by atoms with Gasteiger partial charge in [-0.05, 0) is 60.9 Å². The molecule has 3 heterocycles. The zero-order valence-electron chi connectivity index (χ0n) is 30.0. The molecule has 9 N–H and O–H groups in total. The fourth-order valence-electron chi connectivity index (χ4n) is 7.01. The average Bonchev–Trinajstić information content (AvgIpc) is 3.91. The summed E-state index contributed by atoms with van der Waals surface area (Å²) in [5.41, 5.74) is 3.83. The average molecular weight is 772 g/mol. The number of nitrogens with zero attached hydrogens (tertiary/aromatic N) is 2. The van der Waals surface area contributed by atoms with E-state index >= 15 is 0 Å². The van der Waals surface area contributed by atoms with Crippen LogP contribution in [0.3, 0.4) is 0 Å². The Morgan fingerprint density at radius 1 is 0.893 bits per heavy atom. The van der Waals surface area contributed by atoms with E-state index in [1.807, 2.05) is 6.07 Å². The van der Waals surface area contributed by atoms with Crippen LogP contribution in [0.4, 0.5) is 5.69 Å². The van der Waals surface area contributed by atoms with Gasteiger partial charge < -0.3 is 45.4 Å². The molecule has 0 radical (unpaired) electrons. The number of imidazole rings is 1. The molecular weight excluding hydrogens is 730 g/mol. The second-order valence-electron chi connectivity index (χ2n) is 13.7. The molecule has 1 atom stereocenters. The van der Waals surface area contributed by atoms with Crippen molar-refractivity contribution in [1.29, 1.82) is 0 Å².